The molecule has 1 heterocycles. The number of hydrogen-bond acceptors (Lipinski definition) is 4. The lowest BCUT2D eigenvalue weighted by atomic mass is 10.2. The highest BCUT2D eigenvalue weighted by atomic mass is 35.5. The van der Waals surface area contributed by atoms with E-state index in [9.17, 15) is 0 Å². The van der Waals surface area contributed by atoms with Crippen LogP contribution in [-0.4, -0.2) is 10.1 Å². The maximum Gasteiger partial charge on any atom is 0.213 e. The summed E-state index contributed by atoms with van der Waals surface area (Å²) < 4.78 is 5.52. The lowest BCUT2D eigenvalue weighted by Crippen LogP contribution is -1.96. The minimum Gasteiger partial charge on any atom is -0.473 e. The summed E-state index contributed by atoms with van der Waals surface area (Å²) in [4.78, 5) is 7.91. The normalized spacial score (nSPS) is 9.61. The predicted molar refractivity (Wildman–Crippen MR) is 74.7 cm³/mol. The molecule has 0 bridgehead atoms. The quantitative estimate of drug-likeness (QED) is 0.624. The Bertz CT molecular complexity index is 563. The molecule has 0 aliphatic heterocycles. The van der Waals surface area contributed by atoms with Gasteiger partial charge in [0, 0.05) is 11.1 Å². The van der Waals surface area contributed by atoms with Crippen molar-refractivity contribution >= 4 is 34.7 Å². The van der Waals surface area contributed by atoms with Crippen LogP contribution in [0.4, 0.5) is 5.69 Å². The lowest BCUT2D eigenvalue weighted by molar-refractivity contribution is 0.294. The monoisotopic (exact) mass is 276 g/mol. The first-order valence-corrected chi connectivity index (χ1v) is 5.98. The first-order valence-electron chi connectivity index (χ1n) is 5.19. The van der Waals surface area contributed by atoms with Gasteiger partial charge in [-0.1, -0.05) is 23.7 Å². The van der Waals surface area contributed by atoms with Gasteiger partial charge in [-0.05, 0) is 36.0 Å². The smallest absolute Gasteiger partial charge is 0.213 e. The van der Waals surface area contributed by atoms with E-state index in [1.54, 1.807) is 18.3 Å². The number of ether oxygens (including phenoxy) is 1. The summed E-state index contributed by atoms with van der Waals surface area (Å²) in [6, 6.07) is 11.0. The molecule has 2 rings (SSSR count). The summed E-state index contributed by atoms with van der Waals surface area (Å²) in [5, 5.41) is 2.99. The Morgan fingerprint density at radius 3 is 2.61 bits per heavy atom. The maximum atomic E-state index is 5.80. The zero-order valence-electron chi connectivity index (χ0n) is 9.34. The second-order valence-corrected chi connectivity index (χ2v) is 4.09. The van der Waals surface area contributed by atoms with Gasteiger partial charge in [0.25, 0.3) is 0 Å². The number of rotatable bonds is 4. The Balaban J connectivity index is 1.97. The molecule has 0 saturated heterocycles. The first-order chi connectivity index (χ1) is 8.78. The molecule has 18 heavy (non-hydrogen) atoms. The van der Waals surface area contributed by atoms with Crippen LogP contribution in [0, 0.1) is 0 Å². The van der Waals surface area contributed by atoms with Gasteiger partial charge in [-0.3, -0.25) is 0 Å². The molecular weight excluding hydrogens is 268 g/mol. The summed E-state index contributed by atoms with van der Waals surface area (Å²) in [7, 11) is 0. The first kappa shape index (κ1) is 12.7. The number of hydrogen-bond donors (Lipinski definition) is 0. The number of pyridine rings is 1. The molecule has 3 nitrogen and oxygen atoms in total. The SMILES string of the molecule is S=C=Nc1ccc(OCc2ccc(Cl)cc2)nc1. The van der Waals surface area contributed by atoms with Crippen LogP contribution in [0.25, 0.3) is 0 Å². The Morgan fingerprint density at radius 2 is 2.00 bits per heavy atom. The molecular formula is C13H9ClN2OS. The van der Waals surface area contributed by atoms with E-state index in [0.29, 0.717) is 23.2 Å². The molecule has 1 aromatic carbocycles. The highest BCUT2D eigenvalue weighted by Crippen LogP contribution is 2.16. The van der Waals surface area contributed by atoms with Crippen molar-refractivity contribution in [2.24, 2.45) is 4.99 Å². The van der Waals surface area contributed by atoms with Gasteiger partial charge in [0.15, 0.2) is 0 Å². The largest absolute Gasteiger partial charge is 0.473 e. The van der Waals surface area contributed by atoms with Crippen LogP contribution in [-0.2, 0) is 6.61 Å². The van der Waals surface area contributed by atoms with Crippen molar-refractivity contribution in [1.29, 1.82) is 0 Å². The van der Waals surface area contributed by atoms with E-state index in [1.165, 1.54) is 0 Å². The second-order valence-electron chi connectivity index (χ2n) is 3.47. The summed E-state index contributed by atoms with van der Waals surface area (Å²) >= 11 is 10.3. The van der Waals surface area contributed by atoms with Crippen LogP contribution in [0.3, 0.4) is 0 Å². The minimum absolute atomic E-state index is 0.444. The summed E-state index contributed by atoms with van der Waals surface area (Å²) in [6.45, 7) is 0.444. The van der Waals surface area contributed by atoms with Gasteiger partial charge in [-0.2, -0.15) is 4.99 Å². The van der Waals surface area contributed by atoms with Crippen LogP contribution < -0.4 is 4.74 Å². The standard InChI is InChI=1S/C13H9ClN2OS/c14-11-3-1-10(2-4-11)8-17-13-6-5-12(7-15-13)16-9-18/h1-7H,8H2. The molecule has 0 N–H and O–H groups in total. The second kappa shape index (κ2) is 6.26. The van der Waals surface area contributed by atoms with E-state index < -0.39 is 0 Å². The van der Waals surface area contributed by atoms with Gasteiger partial charge in [0.2, 0.25) is 5.88 Å². The van der Waals surface area contributed by atoms with Crippen molar-refractivity contribution in [2.75, 3.05) is 0 Å². The molecule has 2 aromatic rings. The molecule has 0 amide bonds. The molecule has 0 aliphatic carbocycles. The average Bonchev–Trinajstić information content (AvgIpc) is 2.40. The molecule has 0 saturated carbocycles. The molecule has 90 valence electrons. The fourth-order valence-electron chi connectivity index (χ4n) is 1.31. The van der Waals surface area contributed by atoms with Crippen LogP contribution >= 0.6 is 23.8 Å². The Morgan fingerprint density at radius 1 is 1.22 bits per heavy atom. The molecule has 0 aliphatic rings. The van der Waals surface area contributed by atoms with E-state index >= 15 is 0 Å². The van der Waals surface area contributed by atoms with Gasteiger partial charge >= 0.3 is 0 Å². The number of isothiocyanates is 1. The van der Waals surface area contributed by atoms with Gasteiger partial charge in [0.1, 0.15) is 6.61 Å². The number of nitrogens with zero attached hydrogens (tertiary/aromatic N) is 2. The van der Waals surface area contributed by atoms with Crippen molar-refractivity contribution in [1.82, 2.24) is 4.98 Å². The molecule has 0 unspecified atom stereocenters. The third kappa shape index (κ3) is 3.64. The lowest BCUT2D eigenvalue weighted by Gasteiger charge is -2.05. The van der Waals surface area contributed by atoms with E-state index in [1.807, 2.05) is 24.3 Å². The molecule has 1 aromatic heterocycles. The summed E-state index contributed by atoms with van der Waals surface area (Å²) in [6.07, 6.45) is 1.58. The van der Waals surface area contributed by atoms with E-state index in [4.69, 9.17) is 16.3 Å². The van der Waals surface area contributed by atoms with Crippen LogP contribution in [0.5, 0.6) is 5.88 Å². The van der Waals surface area contributed by atoms with E-state index in [0.717, 1.165) is 5.56 Å². The Hall–Kier alpha value is -1.74. The van der Waals surface area contributed by atoms with Crippen molar-refractivity contribution in [3.8, 4) is 5.88 Å². The summed E-state index contributed by atoms with van der Waals surface area (Å²) in [5.41, 5.74) is 1.69. The predicted octanol–water partition coefficient (Wildman–Crippen LogP) is 4.05. The van der Waals surface area contributed by atoms with Crippen molar-refractivity contribution in [3.05, 3.63) is 53.2 Å². The van der Waals surface area contributed by atoms with Gasteiger partial charge in [-0.15, -0.1) is 0 Å². The van der Waals surface area contributed by atoms with Gasteiger partial charge in [-0.25, -0.2) is 4.98 Å². The third-order valence-corrected chi connectivity index (χ3v) is 2.54. The molecule has 0 fully saturated rings. The molecule has 0 atom stereocenters. The molecule has 0 radical (unpaired) electrons. The van der Waals surface area contributed by atoms with Gasteiger partial charge in [0.05, 0.1) is 17.0 Å². The fraction of sp³-hybridized carbons (Fsp3) is 0.0769. The highest BCUT2D eigenvalue weighted by Gasteiger charge is 1.98. The van der Waals surface area contributed by atoms with Crippen LogP contribution in [0.2, 0.25) is 5.02 Å². The summed E-state index contributed by atoms with van der Waals surface area (Å²) in [5.74, 6) is 0.535. The molecule has 5 heteroatoms. The number of aliphatic imine (C=N–C) groups is 1. The highest BCUT2D eigenvalue weighted by molar-refractivity contribution is 7.78. The molecule has 0 spiro atoms. The number of aromatic nitrogens is 1. The van der Waals surface area contributed by atoms with Crippen molar-refractivity contribution in [2.45, 2.75) is 6.61 Å². The topological polar surface area (TPSA) is 34.5 Å². The zero-order valence-corrected chi connectivity index (χ0v) is 10.9. The van der Waals surface area contributed by atoms with Crippen molar-refractivity contribution in [3.63, 3.8) is 0 Å². The maximum absolute atomic E-state index is 5.80. The minimum atomic E-state index is 0.444. The number of thiocarbonyl (C=S) groups is 1. The third-order valence-electron chi connectivity index (χ3n) is 2.20. The number of benzene rings is 1. The zero-order chi connectivity index (χ0) is 12.8. The van der Waals surface area contributed by atoms with Crippen LogP contribution in [0.1, 0.15) is 5.56 Å². The number of halogens is 1. The van der Waals surface area contributed by atoms with Gasteiger partial charge < -0.3 is 4.74 Å². The van der Waals surface area contributed by atoms with E-state index in [2.05, 4.69) is 27.4 Å². The van der Waals surface area contributed by atoms with E-state index in [-0.39, 0.29) is 0 Å². The van der Waals surface area contributed by atoms with Crippen molar-refractivity contribution < 1.29 is 4.74 Å². The average molecular weight is 277 g/mol. The Labute approximate surface area is 115 Å². The Kier molecular flexibility index (Phi) is 4.42. The fourth-order valence-corrected chi connectivity index (χ4v) is 1.55. The van der Waals surface area contributed by atoms with Crippen LogP contribution in [0.15, 0.2) is 47.6 Å².